The van der Waals surface area contributed by atoms with Gasteiger partial charge in [0.05, 0.1) is 0 Å². The summed E-state index contributed by atoms with van der Waals surface area (Å²) in [7, 11) is 0. The summed E-state index contributed by atoms with van der Waals surface area (Å²) in [5.74, 6) is -0.171. The number of anilines is 1. The Balaban J connectivity index is 1.91. The number of benzene rings is 1. The van der Waals surface area contributed by atoms with Crippen LogP contribution < -0.4 is 16.0 Å². The number of hydrogen-bond acceptors (Lipinski definition) is 3. The minimum absolute atomic E-state index is 0.0267. The molecule has 1 aliphatic heterocycles. The van der Waals surface area contributed by atoms with Crippen molar-refractivity contribution in [2.24, 2.45) is 0 Å². The lowest BCUT2D eigenvalue weighted by atomic mass is 10.1. The molecule has 0 aliphatic carbocycles. The van der Waals surface area contributed by atoms with E-state index in [2.05, 4.69) is 16.0 Å². The molecular weight excluding hydrogens is 270 g/mol. The molecule has 1 aromatic rings. The molecule has 3 N–H and O–H groups in total. The van der Waals surface area contributed by atoms with E-state index in [1.807, 2.05) is 0 Å². The lowest BCUT2D eigenvalue weighted by Gasteiger charge is -2.15. The van der Waals surface area contributed by atoms with Crippen LogP contribution in [0, 0.1) is 0 Å². The van der Waals surface area contributed by atoms with Crippen molar-refractivity contribution in [3.63, 3.8) is 0 Å². The minimum Gasteiger partial charge on any atom is -0.354 e. The molecule has 1 saturated heterocycles. The van der Waals surface area contributed by atoms with Gasteiger partial charge >= 0.3 is 6.03 Å². The van der Waals surface area contributed by atoms with Gasteiger partial charge in [0.15, 0.2) is 5.78 Å². The summed E-state index contributed by atoms with van der Waals surface area (Å²) in [4.78, 5) is 34.8. The fraction of sp³-hybridized carbons (Fsp3) is 0.400. The highest BCUT2D eigenvalue weighted by Gasteiger charge is 2.22. The summed E-state index contributed by atoms with van der Waals surface area (Å²) in [5, 5.41) is 8.09. The number of carbonyl (C=O) groups is 3. The standard InChI is InChI=1S/C15H19N3O3/c1-10(19)11-5-7-12(8-6-11)17-15(21)18-13-4-2-3-9-16-14(13)20/h5-8,13H,2-4,9H2,1H3,(H,16,20)(H2,17,18,21). The SMILES string of the molecule is CC(=O)c1ccc(NC(=O)NC2CCCCNC2=O)cc1. The topological polar surface area (TPSA) is 87.3 Å². The zero-order chi connectivity index (χ0) is 15.2. The molecule has 1 atom stereocenters. The van der Waals surface area contributed by atoms with Crippen molar-refractivity contribution in [3.05, 3.63) is 29.8 Å². The van der Waals surface area contributed by atoms with Crippen LogP contribution >= 0.6 is 0 Å². The molecule has 0 saturated carbocycles. The zero-order valence-electron chi connectivity index (χ0n) is 11.9. The molecule has 0 bridgehead atoms. The molecule has 6 nitrogen and oxygen atoms in total. The van der Waals surface area contributed by atoms with Crippen molar-refractivity contribution in [1.82, 2.24) is 10.6 Å². The molecule has 0 spiro atoms. The van der Waals surface area contributed by atoms with Crippen molar-refractivity contribution in [2.45, 2.75) is 32.2 Å². The molecule has 2 rings (SSSR count). The third kappa shape index (κ3) is 4.30. The Hall–Kier alpha value is -2.37. The molecule has 3 amide bonds. The van der Waals surface area contributed by atoms with Crippen LogP contribution in [0.2, 0.25) is 0 Å². The zero-order valence-corrected chi connectivity index (χ0v) is 11.9. The van der Waals surface area contributed by atoms with E-state index < -0.39 is 12.1 Å². The van der Waals surface area contributed by atoms with Gasteiger partial charge in [0.2, 0.25) is 5.91 Å². The summed E-state index contributed by atoms with van der Waals surface area (Å²) < 4.78 is 0. The van der Waals surface area contributed by atoms with E-state index in [0.717, 1.165) is 12.8 Å². The van der Waals surface area contributed by atoms with Gasteiger partial charge in [-0.1, -0.05) is 0 Å². The predicted octanol–water partition coefficient (Wildman–Crippen LogP) is 1.68. The number of urea groups is 1. The number of carbonyl (C=O) groups excluding carboxylic acids is 3. The van der Waals surface area contributed by atoms with Crippen LogP contribution in [-0.4, -0.2) is 30.3 Å². The Labute approximate surface area is 123 Å². The van der Waals surface area contributed by atoms with Crippen LogP contribution in [0.15, 0.2) is 24.3 Å². The van der Waals surface area contributed by atoms with Crippen LogP contribution in [0.1, 0.15) is 36.5 Å². The third-order valence-electron chi connectivity index (χ3n) is 3.39. The first-order valence-electron chi connectivity index (χ1n) is 7.02. The normalized spacial score (nSPS) is 18.3. The maximum atomic E-state index is 11.9. The van der Waals surface area contributed by atoms with Crippen molar-refractivity contribution in [3.8, 4) is 0 Å². The van der Waals surface area contributed by atoms with Gasteiger partial charge in [-0.05, 0) is 50.5 Å². The summed E-state index contributed by atoms with van der Waals surface area (Å²) >= 11 is 0. The van der Waals surface area contributed by atoms with E-state index in [4.69, 9.17) is 0 Å². The van der Waals surface area contributed by atoms with Gasteiger partial charge in [0, 0.05) is 17.8 Å². The average Bonchev–Trinajstić information content (AvgIpc) is 2.65. The van der Waals surface area contributed by atoms with E-state index in [1.165, 1.54) is 6.92 Å². The van der Waals surface area contributed by atoms with Gasteiger partial charge in [-0.25, -0.2) is 4.79 Å². The first kappa shape index (κ1) is 15.0. The number of amides is 3. The van der Waals surface area contributed by atoms with E-state index in [9.17, 15) is 14.4 Å². The van der Waals surface area contributed by atoms with Gasteiger partial charge in [0.1, 0.15) is 6.04 Å². The molecule has 1 fully saturated rings. The summed E-state index contributed by atoms with van der Waals surface area (Å²) in [5.41, 5.74) is 1.16. The summed E-state index contributed by atoms with van der Waals surface area (Å²) in [6.07, 6.45) is 2.47. The van der Waals surface area contributed by atoms with E-state index in [-0.39, 0.29) is 11.7 Å². The summed E-state index contributed by atoms with van der Waals surface area (Å²) in [6.45, 7) is 2.14. The van der Waals surface area contributed by atoms with Crippen LogP contribution in [0.3, 0.4) is 0 Å². The molecule has 1 aliphatic rings. The molecule has 1 heterocycles. The monoisotopic (exact) mass is 289 g/mol. The van der Waals surface area contributed by atoms with Gasteiger partial charge in [-0.15, -0.1) is 0 Å². The fourth-order valence-corrected chi connectivity index (χ4v) is 2.19. The minimum atomic E-state index is -0.496. The Morgan fingerprint density at radius 3 is 2.57 bits per heavy atom. The largest absolute Gasteiger partial charge is 0.354 e. The quantitative estimate of drug-likeness (QED) is 0.740. The fourth-order valence-electron chi connectivity index (χ4n) is 2.19. The average molecular weight is 289 g/mol. The van der Waals surface area contributed by atoms with E-state index >= 15 is 0 Å². The lowest BCUT2D eigenvalue weighted by molar-refractivity contribution is -0.122. The molecule has 0 aromatic heterocycles. The summed E-state index contributed by atoms with van der Waals surface area (Å²) in [6, 6.07) is 5.69. The lowest BCUT2D eigenvalue weighted by Crippen LogP contribution is -2.47. The number of ketones is 1. The van der Waals surface area contributed by atoms with Crippen molar-refractivity contribution >= 4 is 23.4 Å². The Morgan fingerprint density at radius 1 is 1.19 bits per heavy atom. The smallest absolute Gasteiger partial charge is 0.319 e. The Kier molecular flexibility index (Phi) is 4.92. The highest BCUT2D eigenvalue weighted by molar-refractivity contribution is 5.96. The number of hydrogen-bond donors (Lipinski definition) is 3. The molecule has 112 valence electrons. The Bertz CT molecular complexity index is 540. The van der Waals surface area contributed by atoms with Crippen molar-refractivity contribution in [2.75, 3.05) is 11.9 Å². The maximum absolute atomic E-state index is 11.9. The van der Waals surface area contributed by atoms with Crippen LogP contribution in [-0.2, 0) is 4.79 Å². The third-order valence-corrected chi connectivity index (χ3v) is 3.39. The molecule has 21 heavy (non-hydrogen) atoms. The molecular formula is C15H19N3O3. The number of Topliss-reactive ketones (excluding diaryl/α,β-unsaturated/α-hetero) is 1. The maximum Gasteiger partial charge on any atom is 0.319 e. The molecule has 0 radical (unpaired) electrons. The van der Waals surface area contributed by atoms with E-state index in [0.29, 0.717) is 24.2 Å². The van der Waals surface area contributed by atoms with Gasteiger partial charge < -0.3 is 16.0 Å². The second kappa shape index (κ2) is 6.88. The van der Waals surface area contributed by atoms with E-state index in [1.54, 1.807) is 24.3 Å². The van der Waals surface area contributed by atoms with Gasteiger partial charge in [0.25, 0.3) is 0 Å². The highest BCUT2D eigenvalue weighted by atomic mass is 16.2. The van der Waals surface area contributed by atoms with Crippen LogP contribution in [0.5, 0.6) is 0 Å². The highest BCUT2D eigenvalue weighted by Crippen LogP contribution is 2.10. The number of rotatable bonds is 3. The molecule has 1 unspecified atom stereocenters. The molecule has 1 aromatic carbocycles. The van der Waals surface area contributed by atoms with Crippen LogP contribution in [0.4, 0.5) is 10.5 Å². The van der Waals surface area contributed by atoms with Crippen molar-refractivity contribution in [1.29, 1.82) is 0 Å². The predicted molar refractivity (Wildman–Crippen MR) is 79.2 cm³/mol. The second-order valence-corrected chi connectivity index (χ2v) is 5.07. The van der Waals surface area contributed by atoms with Gasteiger partial charge in [-0.3, -0.25) is 9.59 Å². The number of nitrogens with one attached hydrogen (secondary N) is 3. The van der Waals surface area contributed by atoms with Crippen LogP contribution in [0.25, 0.3) is 0 Å². The van der Waals surface area contributed by atoms with Gasteiger partial charge in [-0.2, -0.15) is 0 Å². The molecule has 6 heteroatoms. The first-order valence-corrected chi connectivity index (χ1v) is 7.02. The Morgan fingerprint density at radius 2 is 1.90 bits per heavy atom. The van der Waals surface area contributed by atoms with Crippen molar-refractivity contribution < 1.29 is 14.4 Å². The second-order valence-electron chi connectivity index (χ2n) is 5.07. The first-order chi connectivity index (χ1) is 10.1.